The van der Waals surface area contributed by atoms with Crippen LogP contribution in [-0.4, -0.2) is 13.1 Å². The van der Waals surface area contributed by atoms with Crippen LogP contribution in [0.4, 0.5) is 5.69 Å². The highest BCUT2D eigenvalue weighted by atomic mass is 16.3. The van der Waals surface area contributed by atoms with Crippen molar-refractivity contribution < 1.29 is 0 Å². The lowest BCUT2D eigenvalue weighted by atomic mass is 10.1. The number of nitrogens with zero attached hydrogens (tertiary/aromatic N) is 1. The Hall–Kier alpha value is -1.42. The molecule has 0 spiro atoms. The molecule has 1 aliphatic rings. The highest BCUT2D eigenvalue weighted by Gasteiger charge is 2.22. The largest absolute Gasteiger partial charge is 0.385 e. The van der Waals surface area contributed by atoms with Crippen LogP contribution in [0.15, 0.2) is 23.4 Å². The molecule has 0 aromatic heterocycles. The fourth-order valence-corrected chi connectivity index (χ4v) is 2.49. The number of aryl methyl sites for hydroxylation is 1. The first-order valence-corrected chi connectivity index (χ1v) is 6.74. The second-order valence-electron chi connectivity index (χ2n) is 4.85. The monoisotopic (exact) mass is 247 g/mol. The van der Waals surface area contributed by atoms with Crippen LogP contribution in [0.25, 0.3) is 0 Å². The molecule has 0 radical (unpaired) electrons. The van der Waals surface area contributed by atoms with Crippen LogP contribution in [0.3, 0.4) is 0 Å². The molecule has 0 amide bonds. The van der Waals surface area contributed by atoms with Gasteiger partial charge in [0.25, 0.3) is 0 Å². The molecule has 0 fully saturated rings. The maximum Gasteiger partial charge on any atom is 0.117 e. The van der Waals surface area contributed by atoms with Crippen molar-refractivity contribution in [1.82, 2.24) is 0 Å². The lowest BCUT2D eigenvalue weighted by Crippen LogP contribution is -2.04. The first-order chi connectivity index (χ1) is 8.85. The molecule has 0 bridgehead atoms. The van der Waals surface area contributed by atoms with E-state index >= 15 is 0 Å². The molecule has 0 saturated carbocycles. The normalized spacial score (nSPS) is 17.5. The van der Waals surface area contributed by atoms with Gasteiger partial charge in [-0.05, 0) is 55.5 Å². The van der Waals surface area contributed by atoms with Gasteiger partial charge in [-0.15, -0.1) is 0 Å². The van der Waals surface area contributed by atoms with Gasteiger partial charge in [0.05, 0.1) is 0 Å². The number of rotatable bonds is 7. The van der Waals surface area contributed by atoms with Crippen LogP contribution in [0.2, 0.25) is 0 Å². The SMILES string of the molecule is NCCCCCNc1ccc2c(c1)CCC2N=O. The van der Waals surface area contributed by atoms with Gasteiger partial charge >= 0.3 is 0 Å². The number of nitrogens with one attached hydrogen (secondary N) is 1. The van der Waals surface area contributed by atoms with E-state index in [9.17, 15) is 4.91 Å². The lowest BCUT2D eigenvalue weighted by molar-refractivity contribution is 0.707. The molecule has 4 nitrogen and oxygen atoms in total. The second kappa shape index (κ2) is 6.50. The molecule has 1 aromatic carbocycles. The minimum Gasteiger partial charge on any atom is -0.385 e. The van der Waals surface area contributed by atoms with Gasteiger partial charge in [-0.1, -0.05) is 17.7 Å². The van der Waals surface area contributed by atoms with Crippen molar-refractivity contribution in [2.75, 3.05) is 18.4 Å². The molecular weight excluding hydrogens is 226 g/mol. The highest BCUT2D eigenvalue weighted by Crippen LogP contribution is 2.35. The van der Waals surface area contributed by atoms with E-state index < -0.39 is 0 Å². The fourth-order valence-electron chi connectivity index (χ4n) is 2.49. The molecule has 4 heteroatoms. The average molecular weight is 247 g/mol. The van der Waals surface area contributed by atoms with Gasteiger partial charge in [0.2, 0.25) is 0 Å². The zero-order valence-electron chi connectivity index (χ0n) is 10.7. The summed E-state index contributed by atoms with van der Waals surface area (Å²) in [7, 11) is 0. The van der Waals surface area contributed by atoms with Crippen LogP contribution in [0.5, 0.6) is 0 Å². The third kappa shape index (κ3) is 3.07. The summed E-state index contributed by atoms with van der Waals surface area (Å²) in [6, 6.07) is 6.12. The van der Waals surface area contributed by atoms with Crippen molar-refractivity contribution in [2.45, 2.75) is 38.1 Å². The van der Waals surface area contributed by atoms with Crippen molar-refractivity contribution in [1.29, 1.82) is 0 Å². The molecule has 1 aliphatic carbocycles. The van der Waals surface area contributed by atoms with Gasteiger partial charge in [0.1, 0.15) is 6.04 Å². The van der Waals surface area contributed by atoms with E-state index in [-0.39, 0.29) is 6.04 Å². The van der Waals surface area contributed by atoms with E-state index in [4.69, 9.17) is 5.73 Å². The first-order valence-electron chi connectivity index (χ1n) is 6.74. The Morgan fingerprint density at radius 2 is 2.22 bits per heavy atom. The third-order valence-electron chi connectivity index (χ3n) is 3.53. The van der Waals surface area contributed by atoms with Crippen molar-refractivity contribution in [3.8, 4) is 0 Å². The van der Waals surface area contributed by atoms with Crippen molar-refractivity contribution in [3.63, 3.8) is 0 Å². The predicted molar refractivity (Wildman–Crippen MR) is 74.7 cm³/mol. The van der Waals surface area contributed by atoms with E-state index in [2.05, 4.69) is 16.6 Å². The molecule has 1 atom stereocenters. The topological polar surface area (TPSA) is 67.5 Å². The predicted octanol–water partition coefficient (Wildman–Crippen LogP) is 2.98. The highest BCUT2D eigenvalue weighted by molar-refractivity contribution is 5.51. The zero-order valence-corrected chi connectivity index (χ0v) is 10.7. The molecule has 98 valence electrons. The summed E-state index contributed by atoms with van der Waals surface area (Å²) in [6.45, 7) is 1.76. The Kier molecular flexibility index (Phi) is 4.70. The van der Waals surface area contributed by atoms with E-state index in [0.29, 0.717) is 0 Å². The van der Waals surface area contributed by atoms with Crippen molar-refractivity contribution in [3.05, 3.63) is 34.2 Å². The van der Waals surface area contributed by atoms with Crippen LogP contribution in [-0.2, 0) is 6.42 Å². The van der Waals surface area contributed by atoms with Gasteiger partial charge in [-0.2, -0.15) is 4.91 Å². The quantitative estimate of drug-likeness (QED) is 0.575. The van der Waals surface area contributed by atoms with Crippen LogP contribution in [0, 0.1) is 4.91 Å². The van der Waals surface area contributed by atoms with Gasteiger partial charge in [-0.3, -0.25) is 0 Å². The molecule has 3 N–H and O–H groups in total. The Morgan fingerprint density at radius 1 is 1.33 bits per heavy atom. The lowest BCUT2D eigenvalue weighted by Gasteiger charge is -2.09. The summed E-state index contributed by atoms with van der Waals surface area (Å²) in [4.78, 5) is 10.7. The number of nitroso groups, excluding NO2 is 1. The summed E-state index contributed by atoms with van der Waals surface area (Å²) < 4.78 is 0. The minimum absolute atomic E-state index is 0.126. The number of anilines is 1. The van der Waals surface area contributed by atoms with Gasteiger partial charge in [0, 0.05) is 12.2 Å². The molecular formula is C14H21N3O. The van der Waals surface area contributed by atoms with Gasteiger partial charge in [0.15, 0.2) is 0 Å². The number of unbranched alkanes of at least 4 members (excludes halogenated alkanes) is 2. The van der Waals surface area contributed by atoms with E-state index in [0.717, 1.165) is 50.0 Å². The maximum absolute atomic E-state index is 10.7. The summed E-state index contributed by atoms with van der Waals surface area (Å²) in [5.41, 5.74) is 8.98. The Labute approximate surface area is 108 Å². The Morgan fingerprint density at radius 3 is 3.00 bits per heavy atom. The van der Waals surface area contributed by atoms with Crippen molar-refractivity contribution >= 4 is 5.69 Å². The summed E-state index contributed by atoms with van der Waals surface area (Å²) in [6.07, 6.45) is 5.24. The summed E-state index contributed by atoms with van der Waals surface area (Å²) in [5.74, 6) is 0. The first kappa shape index (κ1) is 13.0. The fraction of sp³-hybridized carbons (Fsp3) is 0.571. The van der Waals surface area contributed by atoms with E-state index in [1.807, 2.05) is 12.1 Å². The van der Waals surface area contributed by atoms with E-state index in [1.165, 1.54) is 12.0 Å². The van der Waals surface area contributed by atoms with Crippen molar-refractivity contribution in [2.24, 2.45) is 10.9 Å². The Balaban J connectivity index is 1.86. The molecule has 2 rings (SSSR count). The molecule has 1 unspecified atom stereocenters. The van der Waals surface area contributed by atoms with Crippen LogP contribution in [0.1, 0.15) is 42.9 Å². The number of hydrogen-bond acceptors (Lipinski definition) is 4. The van der Waals surface area contributed by atoms with Gasteiger partial charge < -0.3 is 11.1 Å². The average Bonchev–Trinajstić information content (AvgIpc) is 2.80. The number of hydrogen-bond donors (Lipinski definition) is 2. The van der Waals surface area contributed by atoms with Crippen LogP contribution < -0.4 is 11.1 Å². The third-order valence-corrected chi connectivity index (χ3v) is 3.53. The summed E-state index contributed by atoms with van der Waals surface area (Å²) in [5, 5.41) is 6.59. The smallest absolute Gasteiger partial charge is 0.117 e. The van der Waals surface area contributed by atoms with E-state index in [1.54, 1.807) is 0 Å². The van der Waals surface area contributed by atoms with Crippen LogP contribution >= 0.6 is 0 Å². The maximum atomic E-state index is 10.7. The molecule has 0 heterocycles. The second-order valence-corrected chi connectivity index (χ2v) is 4.85. The minimum atomic E-state index is -0.126. The molecule has 18 heavy (non-hydrogen) atoms. The number of nitrogens with two attached hydrogens (primary N) is 1. The number of fused-ring (bicyclic) bond motifs is 1. The molecule has 0 saturated heterocycles. The zero-order chi connectivity index (χ0) is 12.8. The molecule has 1 aromatic rings. The number of benzene rings is 1. The molecule has 0 aliphatic heterocycles. The summed E-state index contributed by atoms with van der Waals surface area (Å²) >= 11 is 0. The van der Waals surface area contributed by atoms with Gasteiger partial charge in [-0.25, -0.2) is 0 Å². The standard InChI is InChI=1S/C14H21N3O/c15-8-2-1-3-9-16-12-5-6-13-11(10-12)4-7-14(13)17-18/h5-6,10,14,16H,1-4,7-9,15H2. The Bertz CT molecular complexity index is 406.